The molecule has 3 rings (SSSR count). The second-order valence-electron chi connectivity index (χ2n) is 6.14. The molecule has 2 atom stereocenters. The van der Waals surface area contributed by atoms with E-state index < -0.39 is 17.2 Å². The summed E-state index contributed by atoms with van der Waals surface area (Å²) in [4.78, 5) is 12.6. The molecule has 2 N–H and O–H groups in total. The number of fused-ring (bicyclic) bond motifs is 1. The van der Waals surface area contributed by atoms with Gasteiger partial charge in [0.05, 0.1) is 11.0 Å². The van der Waals surface area contributed by atoms with Crippen LogP contribution in [0.4, 0.5) is 13.2 Å². The van der Waals surface area contributed by atoms with Crippen molar-refractivity contribution in [1.82, 2.24) is 10.6 Å². The van der Waals surface area contributed by atoms with Crippen molar-refractivity contribution in [3.8, 4) is 0 Å². The first-order chi connectivity index (χ1) is 10.4. The summed E-state index contributed by atoms with van der Waals surface area (Å²) < 4.78 is 38.9. The molecule has 120 valence electrons. The Morgan fingerprint density at radius 1 is 1.32 bits per heavy atom. The minimum absolute atomic E-state index is 0.0804. The smallest absolute Gasteiger partial charge is 0.351 e. The van der Waals surface area contributed by atoms with Gasteiger partial charge in [0, 0.05) is 12.6 Å². The van der Waals surface area contributed by atoms with Crippen LogP contribution < -0.4 is 10.6 Å². The summed E-state index contributed by atoms with van der Waals surface area (Å²) in [7, 11) is 0. The Balaban J connectivity index is 1.72. The van der Waals surface area contributed by atoms with Gasteiger partial charge in [0.2, 0.25) is 5.91 Å². The average Bonchev–Trinajstić information content (AvgIpc) is 3.04. The lowest BCUT2D eigenvalue weighted by atomic mass is 9.81. The number of carbonyl (C=O) groups excluding carboxylic acids is 1. The van der Waals surface area contributed by atoms with Crippen LogP contribution in [0, 0.1) is 5.41 Å². The van der Waals surface area contributed by atoms with Gasteiger partial charge >= 0.3 is 6.18 Å². The second-order valence-corrected chi connectivity index (χ2v) is 6.14. The highest BCUT2D eigenvalue weighted by Gasteiger charge is 2.51. The van der Waals surface area contributed by atoms with Crippen molar-refractivity contribution in [2.45, 2.75) is 44.4 Å². The lowest BCUT2D eigenvalue weighted by Gasteiger charge is -2.27. The van der Waals surface area contributed by atoms with Crippen molar-refractivity contribution in [3.05, 3.63) is 35.4 Å². The first kappa shape index (κ1) is 15.3. The highest BCUT2D eigenvalue weighted by Crippen LogP contribution is 2.44. The maximum absolute atomic E-state index is 13.0. The molecule has 0 bridgehead atoms. The zero-order valence-electron chi connectivity index (χ0n) is 12.2. The molecule has 22 heavy (non-hydrogen) atoms. The largest absolute Gasteiger partial charge is 0.416 e. The van der Waals surface area contributed by atoms with Crippen LogP contribution in [0.25, 0.3) is 0 Å². The fourth-order valence-electron chi connectivity index (χ4n) is 3.83. The van der Waals surface area contributed by atoms with E-state index in [0.717, 1.165) is 38.3 Å². The lowest BCUT2D eigenvalue weighted by molar-refractivity contribution is -0.139. The predicted octanol–water partition coefficient (Wildman–Crippen LogP) is 2.85. The quantitative estimate of drug-likeness (QED) is 0.901. The summed E-state index contributed by atoms with van der Waals surface area (Å²) in [5, 5.41) is 6.07. The molecule has 1 heterocycles. The maximum atomic E-state index is 13.0. The third-order valence-corrected chi connectivity index (χ3v) is 4.96. The molecule has 2 aliphatic rings. The summed E-state index contributed by atoms with van der Waals surface area (Å²) in [5.41, 5.74) is -0.992. The number of rotatable bonds is 3. The summed E-state index contributed by atoms with van der Waals surface area (Å²) >= 11 is 0. The number of halogens is 3. The highest BCUT2D eigenvalue weighted by molar-refractivity contribution is 5.84. The monoisotopic (exact) mass is 312 g/mol. The van der Waals surface area contributed by atoms with Crippen LogP contribution in [0.5, 0.6) is 0 Å². The molecule has 0 aromatic heterocycles. The Morgan fingerprint density at radius 2 is 2.09 bits per heavy atom. The molecule has 3 nitrogen and oxygen atoms in total. The molecule has 1 amide bonds. The third-order valence-electron chi connectivity index (χ3n) is 4.96. The van der Waals surface area contributed by atoms with E-state index in [0.29, 0.717) is 0 Å². The second kappa shape index (κ2) is 5.57. The zero-order valence-corrected chi connectivity index (χ0v) is 12.2. The number of benzene rings is 1. The molecule has 0 radical (unpaired) electrons. The van der Waals surface area contributed by atoms with E-state index >= 15 is 0 Å². The molecule has 1 saturated carbocycles. The SMILES string of the molecule is O=C(NCc1ccccc1C(F)(F)F)[C@]12CCC[C@H]1NCC2. The molecule has 6 heteroatoms. The van der Waals surface area contributed by atoms with Gasteiger partial charge in [0.25, 0.3) is 0 Å². The van der Waals surface area contributed by atoms with Gasteiger partial charge in [0.1, 0.15) is 0 Å². The molecule has 1 saturated heterocycles. The van der Waals surface area contributed by atoms with Gasteiger partial charge in [-0.1, -0.05) is 24.6 Å². The standard InChI is InChI=1S/C16H19F3N2O/c17-16(18,19)12-5-2-1-4-11(12)10-21-14(22)15-7-3-6-13(15)20-9-8-15/h1-2,4-5,13,20H,3,6-10H2,(H,21,22)/t13-,15+/m1/s1. The van der Waals surface area contributed by atoms with Crippen LogP contribution in [0.15, 0.2) is 24.3 Å². The van der Waals surface area contributed by atoms with Crippen LogP contribution in [0.2, 0.25) is 0 Å². The van der Waals surface area contributed by atoms with Gasteiger partial charge in [-0.3, -0.25) is 4.79 Å². The van der Waals surface area contributed by atoms with E-state index in [2.05, 4.69) is 10.6 Å². The van der Waals surface area contributed by atoms with Crippen molar-refractivity contribution in [2.24, 2.45) is 5.41 Å². The van der Waals surface area contributed by atoms with Crippen LogP contribution in [-0.2, 0) is 17.5 Å². The first-order valence-corrected chi connectivity index (χ1v) is 7.60. The minimum atomic E-state index is -4.40. The topological polar surface area (TPSA) is 41.1 Å². The lowest BCUT2D eigenvalue weighted by Crippen LogP contribution is -2.45. The predicted molar refractivity (Wildman–Crippen MR) is 76.0 cm³/mol. The van der Waals surface area contributed by atoms with Gasteiger partial charge in [-0.2, -0.15) is 13.2 Å². The first-order valence-electron chi connectivity index (χ1n) is 7.60. The summed E-state index contributed by atoms with van der Waals surface area (Å²) in [6.45, 7) is 0.722. The molecular formula is C16H19F3N2O. The van der Waals surface area contributed by atoms with Gasteiger partial charge in [-0.25, -0.2) is 0 Å². The Morgan fingerprint density at radius 3 is 2.86 bits per heavy atom. The third kappa shape index (κ3) is 2.60. The Hall–Kier alpha value is -1.56. The number of hydrogen-bond donors (Lipinski definition) is 2. The summed E-state index contributed by atoms with van der Waals surface area (Å²) in [6.07, 6.45) is -0.858. The average molecular weight is 312 g/mol. The van der Waals surface area contributed by atoms with Gasteiger partial charge in [-0.05, 0) is 37.4 Å². The molecular weight excluding hydrogens is 293 g/mol. The van der Waals surface area contributed by atoms with E-state index in [1.54, 1.807) is 6.07 Å². The minimum Gasteiger partial charge on any atom is -0.351 e. The number of carbonyl (C=O) groups is 1. The normalized spacial score (nSPS) is 27.7. The van der Waals surface area contributed by atoms with Gasteiger partial charge in [-0.15, -0.1) is 0 Å². The van der Waals surface area contributed by atoms with Crippen molar-refractivity contribution in [1.29, 1.82) is 0 Å². The summed E-state index contributed by atoms with van der Waals surface area (Å²) in [6, 6.07) is 5.56. The fraction of sp³-hybridized carbons (Fsp3) is 0.562. The molecule has 0 unspecified atom stereocenters. The highest BCUT2D eigenvalue weighted by atomic mass is 19.4. The summed E-state index contributed by atoms with van der Waals surface area (Å²) in [5.74, 6) is -0.114. The Kier molecular flexibility index (Phi) is 3.89. The van der Waals surface area contributed by atoms with Crippen LogP contribution >= 0.6 is 0 Å². The van der Waals surface area contributed by atoms with E-state index in [4.69, 9.17) is 0 Å². The van der Waals surface area contributed by atoms with Gasteiger partial charge < -0.3 is 10.6 Å². The van der Waals surface area contributed by atoms with E-state index in [9.17, 15) is 18.0 Å². The molecule has 1 aromatic carbocycles. The van der Waals surface area contributed by atoms with Crippen molar-refractivity contribution in [3.63, 3.8) is 0 Å². The van der Waals surface area contributed by atoms with Gasteiger partial charge in [0.15, 0.2) is 0 Å². The maximum Gasteiger partial charge on any atom is 0.416 e. The van der Waals surface area contributed by atoms with E-state index in [-0.39, 0.29) is 24.1 Å². The fourth-order valence-corrected chi connectivity index (χ4v) is 3.83. The van der Waals surface area contributed by atoms with Crippen LogP contribution in [-0.4, -0.2) is 18.5 Å². The van der Waals surface area contributed by atoms with E-state index in [1.807, 2.05) is 0 Å². The van der Waals surface area contributed by atoms with Crippen LogP contribution in [0.3, 0.4) is 0 Å². The molecule has 1 aromatic rings. The number of nitrogens with one attached hydrogen (secondary N) is 2. The van der Waals surface area contributed by atoms with E-state index in [1.165, 1.54) is 12.1 Å². The number of alkyl halides is 3. The number of amides is 1. The van der Waals surface area contributed by atoms with Crippen molar-refractivity contribution < 1.29 is 18.0 Å². The van der Waals surface area contributed by atoms with Crippen molar-refractivity contribution >= 4 is 5.91 Å². The number of hydrogen-bond acceptors (Lipinski definition) is 2. The zero-order chi connectivity index (χ0) is 15.8. The Labute approximate surface area is 127 Å². The molecule has 0 spiro atoms. The van der Waals surface area contributed by atoms with Crippen LogP contribution in [0.1, 0.15) is 36.8 Å². The van der Waals surface area contributed by atoms with Crippen molar-refractivity contribution in [2.75, 3.05) is 6.54 Å². The molecule has 2 fully saturated rings. The molecule has 1 aliphatic heterocycles. The Bertz CT molecular complexity index is 561. The molecule has 1 aliphatic carbocycles.